The molecule has 0 radical (unpaired) electrons. The summed E-state index contributed by atoms with van der Waals surface area (Å²) in [7, 11) is 0. The number of nitrogens with zero attached hydrogens (tertiary/aromatic N) is 6. The number of hydrogen-bond donors (Lipinski definition) is 1. The van der Waals surface area contributed by atoms with Crippen molar-refractivity contribution in [3.05, 3.63) is 96.2 Å². The Morgan fingerprint density at radius 1 is 0.879 bits per heavy atom. The molecule has 0 aliphatic rings. The van der Waals surface area contributed by atoms with Gasteiger partial charge < -0.3 is 5.32 Å². The predicted molar refractivity (Wildman–Crippen MR) is 127 cm³/mol. The molecule has 0 saturated heterocycles. The first-order valence-electron chi connectivity index (χ1n) is 10.4. The van der Waals surface area contributed by atoms with Gasteiger partial charge in [0.25, 0.3) is 0 Å². The van der Waals surface area contributed by atoms with Gasteiger partial charge >= 0.3 is 0 Å². The lowest BCUT2D eigenvalue weighted by Gasteiger charge is -2.09. The molecule has 0 unspecified atom stereocenters. The minimum absolute atomic E-state index is 0.447. The Bertz CT molecular complexity index is 1500. The first-order valence-corrected chi connectivity index (χ1v) is 10.4. The van der Waals surface area contributed by atoms with E-state index < -0.39 is 0 Å². The Balaban J connectivity index is 1.36. The maximum absolute atomic E-state index is 9.64. The Morgan fingerprint density at radius 2 is 1.79 bits per heavy atom. The normalized spacial score (nSPS) is 10.7. The van der Waals surface area contributed by atoms with Crippen molar-refractivity contribution >= 4 is 16.9 Å². The minimum Gasteiger partial charge on any atom is -0.350 e. The molecule has 0 saturated carbocycles. The highest BCUT2D eigenvalue weighted by Crippen LogP contribution is 2.24. The van der Waals surface area contributed by atoms with Crippen LogP contribution in [-0.4, -0.2) is 24.9 Å². The zero-order valence-electron chi connectivity index (χ0n) is 17.9. The van der Waals surface area contributed by atoms with E-state index in [1.54, 1.807) is 24.8 Å². The summed E-state index contributed by atoms with van der Waals surface area (Å²) in [5, 5.41) is 13.9. The van der Waals surface area contributed by atoms with E-state index in [1.807, 2.05) is 55.5 Å². The molecule has 0 aliphatic heterocycles. The van der Waals surface area contributed by atoms with E-state index in [1.165, 1.54) is 0 Å². The molecule has 0 bridgehead atoms. The van der Waals surface area contributed by atoms with Crippen LogP contribution in [0.15, 0.2) is 79.4 Å². The number of rotatable bonds is 5. The van der Waals surface area contributed by atoms with Gasteiger partial charge in [0, 0.05) is 53.5 Å². The summed E-state index contributed by atoms with van der Waals surface area (Å²) >= 11 is 0. The molecule has 5 aromatic rings. The fraction of sp³-hybridized carbons (Fsp3) is 0.0769. The predicted octanol–water partition coefficient (Wildman–Crippen LogP) is 4.94. The summed E-state index contributed by atoms with van der Waals surface area (Å²) in [5.41, 5.74) is 6.54. The molecular weight excluding hydrogens is 410 g/mol. The van der Waals surface area contributed by atoms with Gasteiger partial charge in [-0.2, -0.15) is 5.26 Å². The molecule has 4 aromatic heterocycles. The number of fused-ring (bicyclic) bond motifs is 1. The van der Waals surface area contributed by atoms with E-state index in [-0.39, 0.29) is 0 Å². The van der Waals surface area contributed by atoms with Gasteiger partial charge in [-0.3, -0.25) is 15.0 Å². The molecule has 1 N–H and O–H groups in total. The maximum Gasteiger partial charge on any atom is 0.223 e. The van der Waals surface area contributed by atoms with Crippen molar-refractivity contribution in [3.63, 3.8) is 0 Å². The van der Waals surface area contributed by atoms with Crippen LogP contribution in [0.5, 0.6) is 0 Å². The van der Waals surface area contributed by atoms with Crippen molar-refractivity contribution in [2.45, 2.75) is 13.5 Å². The Hall–Kier alpha value is -4.70. The molecule has 33 heavy (non-hydrogen) atoms. The summed E-state index contributed by atoms with van der Waals surface area (Å²) < 4.78 is 0. The average molecular weight is 429 g/mol. The number of nitrogens with one attached hydrogen (secondary N) is 1. The molecule has 0 amide bonds. The van der Waals surface area contributed by atoms with Crippen LogP contribution < -0.4 is 5.32 Å². The standard InChI is InChI=1S/C26H19N7/c1-17-11-21(6-9-28-17)25-22(14-27)12-18(15-31-25)16-32-26-30-10-7-24(33-26)20-4-5-23-19(13-20)3-2-8-29-23/h2-13,15H,16H2,1H3,(H,30,32,33). The number of pyridine rings is 3. The summed E-state index contributed by atoms with van der Waals surface area (Å²) in [6.07, 6.45) is 7.00. The molecule has 158 valence electrons. The lowest BCUT2D eigenvalue weighted by molar-refractivity contribution is 1.04. The van der Waals surface area contributed by atoms with Gasteiger partial charge in [0.1, 0.15) is 6.07 Å². The quantitative estimate of drug-likeness (QED) is 0.422. The molecule has 0 fully saturated rings. The number of hydrogen-bond acceptors (Lipinski definition) is 7. The van der Waals surface area contributed by atoms with E-state index in [4.69, 9.17) is 0 Å². The second-order valence-corrected chi connectivity index (χ2v) is 7.57. The Kier molecular flexibility index (Phi) is 5.40. The molecule has 5 rings (SSSR count). The van der Waals surface area contributed by atoms with Crippen molar-refractivity contribution in [3.8, 4) is 28.6 Å². The van der Waals surface area contributed by atoms with E-state index in [9.17, 15) is 5.26 Å². The third kappa shape index (κ3) is 4.36. The smallest absolute Gasteiger partial charge is 0.223 e. The van der Waals surface area contributed by atoms with Crippen LogP contribution in [-0.2, 0) is 6.54 Å². The summed E-state index contributed by atoms with van der Waals surface area (Å²) in [5.74, 6) is 0.506. The van der Waals surface area contributed by atoms with Crippen LogP contribution in [0, 0.1) is 18.3 Å². The highest BCUT2D eigenvalue weighted by atomic mass is 15.1. The molecule has 0 aliphatic carbocycles. The molecular formula is C26H19N7. The zero-order valence-corrected chi connectivity index (χ0v) is 17.9. The zero-order chi connectivity index (χ0) is 22.6. The average Bonchev–Trinajstić information content (AvgIpc) is 2.87. The molecule has 0 spiro atoms. The number of benzene rings is 1. The van der Waals surface area contributed by atoms with Gasteiger partial charge in [-0.1, -0.05) is 12.1 Å². The third-order valence-electron chi connectivity index (χ3n) is 5.24. The van der Waals surface area contributed by atoms with Crippen molar-refractivity contribution in [1.29, 1.82) is 5.26 Å². The summed E-state index contributed by atoms with van der Waals surface area (Å²) in [6.45, 7) is 2.36. The Labute approximate surface area is 190 Å². The number of aromatic nitrogens is 5. The Morgan fingerprint density at radius 3 is 2.67 bits per heavy atom. The van der Waals surface area contributed by atoms with Gasteiger partial charge in [0.05, 0.1) is 22.5 Å². The van der Waals surface area contributed by atoms with Crippen molar-refractivity contribution in [2.75, 3.05) is 5.32 Å². The van der Waals surface area contributed by atoms with Crippen molar-refractivity contribution < 1.29 is 0 Å². The highest BCUT2D eigenvalue weighted by Gasteiger charge is 2.10. The monoisotopic (exact) mass is 429 g/mol. The SMILES string of the molecule is Cc1cc(-c2ncc(CNc3nccc(-c4ccc5ncccc5c4)n3)cc2C#N)ccn1. The fourth-order valence-electron chi connectivity index (χ4n) is 3.63. The van der Waals surface area contributed by atoms with Crippen LogP contribution in [0.25, 0.3) is 33.4 Å². The van der Waals surface area contributed by atoms with E-state index in [2.05, 4.69) is 42.4 Å². The first-order chi connectivity index (χ1) is 16.2. The van der Waals surface area contributed by atoms with E-state index in [0.717, 1.165) is 39.0 Å². The van der Waals surface area contributed by atoms with Gasteiger partial charge in [0.15, 0.2) is 0 Å². The lowest BCUT2D eigenvalue weighted by Crippen LogP contribution is -2.05. The maximum atomic E-state index is 9.64. The summed E-state index contributed by atoms with van der Waals surface area (Å²) in [6, 6.07) is 19.8. The van der Waals surface area contributed by atoms with Crippen molar-refractivity contribution in [1.82, 2.24) is 24.9 Å². The van der Waals surface area contributed by atoms with E-state index in [0.29, 0.717) is 23.8 Å². The van der Waals surface area contributed by atoms with Crippen molar-refractivity contribution in [2.24, 2.45) is 0 Å². The molecule has 7 heteroatoms. The minimum atomic E-state index is 0.447. The van der Waals surface area contributed by atoms with Crippen LogP contribution >= 0.6 is 0 Å². The second kappa shape index (κ2) is 8.81. The lowest BCUT2D eigenvalue weighted by atomic mass is 10.1. The summed E-state index contributed by atoms with van der Waals surface area (Å²) in [4.78, 5) is 22.1. The molecule has 1 aromatic carbocycles. The van der Waals surface area contributed by atoms with Crippen LogP contribution in [0.1, 0.15) is 16.8 Å². The fourth-order valence-corrected chi connectivity index (χ4v) is 3.63. The number of anilines is 1. The topological polar surface area (TPSA) is 100 Å². The van der Waals surface area contributed by atoms with Gasteiger partial charge in [-0.05, 0) is 55.0 Å². The van der Waals surface area contributed by atoms with Gasteiger partial charge in [-0.25, -0.2) is 9.97 Å². The third-order valence-corrected chi connectivity index (χ3v) is 5.24. The van der Waals surface area contributed by atoms with Crippen LogP contribution in [0.4, 0.5) is 5.95 Å². The van der Waals surface area contributed by atoms with Crippen LogP contribution in [0.2, 0.25) is 0 Å². The van der Waals surface area contributed by atoms with Gasteiger partial charge in [-0.15, -0.1) is 0 Å². The largest absolute Gasteiger partial charge is 0.350 e. The highest BCUT2D eigenvalue weighted by molar-refractivity contribution is 5.83. The second-order valence-electron chi connectivity index (χ2n) is 7.57. The van der Waals surface area contributed by atoms with Gasteiger partial charge in [0.2, 0.25) is 5.95 Å². The molecule has 7 nitrogen and oxygen atoms in total. The number of aryl methyl sites for hydroxylation is 1. The molecule has 0 atom stereocenters. The van der Waals surface area contributed by atoms with Crippen LogP contribution in [0.3, 0.4) is 0 Å². The van der Waals surface area contributed by atoms with E-state index >= 15 is 0 Å². The molecule has 4 heterocycles. The number of nitriles is 1. The first kappa shape index (κ1) is 20.2.